The first kappa shape index (κ1) is 16.2. The molecule has 0 bridgehead atoms. The lowest BCUT2D eigenvalue weighted by atomic mass is 9.74. The van der Waals surface area contributed by atoms with Crippen LogP contribution in [0.4, 0.5) is 0 Å². The first-order valence-corrected chi connectivity index (χ1v) is 8.79. The summed E-state index contributed by atoms with van der Waals surface area (Å²) in [4.78, 5) is 8.70. The summed E-state index contributed by atoms with van der Waals surface area (Å²) in [7, 11) is 0. The van der Waals surface area contributed by atoms with Crippen molar-refractivity contribution >= 4 is 22.5 Å². The van der Waals surface area contributed by atoms with E-state index < -0.39 is 11.4 Å². The maximum Gasteiger partial charge on any atom is 0.168 e. The van der Waals surface area contributed by atoms with Gasteiger partial charge in [-0.15, -0.1) is 0 Å². The van der Waals surface area contributed by atoms with Crippen LogP contribution in [-0.4, -0.2) is 34.1 Å². The smallest absolute Gasteiger partial charge is 0.168 e. The fourth-order valence-corrected chi connectivity index (χ4v) is 4.04. The largest absolute Gasteiger partial charge is 0.384 e. The van der Waals surface area contributed by atoms with Gasteiger partial charge in [0.2, 0.25) is 0 Å². The topological polar surface area (TPSA) is 64.5 Å². The fourth-order valence-electron chi connectivity index (χ4n) is 3.89. The number of halogens is 1. The van der Waals surface area contributed by atoms with Crippen LogP contribution in [0.1, 0.15) is 38.3 Å². The molecule has 1 aliphatic heterocycles. The van der Waals surface area contributed by atoms with Crippen molar-refractivity contribution in [3.8, 4) is 0 Å². The second-order valence-corrected chi connectivity index (χ2v) is 7.31. The molecule has 2 aromatic rings. The van der Waals surface area contributed by atoms with Crippen molar-refractivity contribution in [3.05, 3.63) is 35.2 Å². The molecule has 0 amide bonds. The number of nitrogens with zero attached hydrogens (tertiary/aromatic N) is 2. The van der Waals surface area contributed by atoms with Gasteiger partial charge in [-0.3, -0.25) is 0 Å². The predicted molar refractivity (Wildman–Crippen MR) is 90.7 cm³/mol. The summed E-state index contributed by atoms with van der Waals surface area (Å²) in [6.07, 6.45) is 5.03. The Balaban J connectivity index is 1.58. The van der Waals surface area contributed by atoms with Gasteiger partial charge in [-0.1, -0.05) is 11.6 Å². The van der Waals surface area contributed by atoms with Crippen LogP contribution in [0.2, 0.25) is 5.15 Å². The molecule has 1 saturated carbocycles. The third-order valence-electron chi connectivity index (χ3n) is 5.41. The summed E-state index contributed by atoms with van der Waals surface area (Å²) in [6, 6.07) is 5.54. The minimum atomic E-state index is -0.996. The molecule has 5 nitrogen and oxygen atoms in total. The van der Waals surface area contributed by atoms with E-state index in [2.05, 4.69) is 9.97 Å². The van der Waals surface area contributed by atoms with Gasteiger partial charge in [0.05, 0.1) is 24.4 Å². The van der Waals surface area contributed by atoms with E-state index in [4.69, 9.17) is 21.1 Å². The van der Waals surface area contributed by atoms with Crippen LogP contribution in [-0.2, 0) is 15.1 Å². The minimum Gasteiger partial charge on any atom is -0.384 e. The normalized spacial score (nSPS) is 23.6. The third-order valence-corrected chi connectivity index (χ3v) is 5.62. The molecule has 0 aromatic carbocycles. The zero-order valence-corrected chi connectivity index (χ0v) is 14.4. The van der Waals surface area contributed by atoms with Crippen molar-refractivity contribution in [2.45, 2.75) is 44.0 Å². The van der Waals surface area contributed by atoms with Crippen molar-refractivity contribution in [3.63, 3.8) is 0 Å². The Kier molecular flexibility index (Phi) is 4.00. The highest BCUT2D eigenvalue weighted by molar-refractivity contribution is 6.29. The van der Waals surface area contributed by atoms with Crippen LogP contribution in [0.25, 0.3) is 10.9 Å². The third kappa shape index (κ3) is 2.80. The summed E-state index contributed by atoms with van der Waals surface area (Å²) in [5, 5.41) is 12.5. The van der Waals surface area contributed by atoms with E-state index in [0.717, 1.165) is 36.6 Å². The summed E-state index contributed by atoms with van der Waals surface area (Å²) < 4.78 is 11.6. The average Bonchev–Trinajstić information content (AvgIpc) is 3.02. The van der Waals surface area contributed by atoms with Crippen LogP contribution >= 0.6 is 11.6 Å². The molecule has 4 rings (SSSR count). The van der Waals surface area contributed by atoms with Gasteiger partial charge < -0.3 is 14.6 Å². The molecule has 1 atom stereocenters. The maximum atomic E-state index is 11.2. The Bertz CT molecular complexity index is 749. The second-order valence-electron chi connectivity index (χ2n) is 6.93. The fraction of sp³-hybridized carbons (Fsp3) is 0.556. The van der Waals surface area contributed by atoms with E-state index in [0.29, 0.717) is 24.1 Å². The van der Waals surface area contributed by atoms with Crippen molar-refractivity contribution < 1.29 is 14.6 Å². The van der Waals surface area contributed by atoms with Crippen molar-refractivity contribution in [2.75, 3.05) is 13.2 Å². The highest BCUT2D eigenvalue weighted by Gasteiger charge is 2.45. The molecule has 1 N–H and O–H groups in total. The van der Waals surface area contributed by atoms with E-state index in [-0.39, 0.29) is 5.92 Å². The zero-order valence-electron chi connectivity index (χ0n) is 13.7. The maximum absolute atomic E-state index is 11.2. The highest BCUT2D eigenvalue weighted by Crippen LogP contribution is 2.44. The van der Waals surface area contributed by atoms with Gasteiger partial charge in [0.1, 0.15) is 10.8 Å². The first-order valence-electron chi connectivity index (χ1n) is 8.42. The van der Waals surface area contributed by atoms with E-state index in [1.807, 2.05) is 19.1 Å². The molecular weight excluding hydrogens is 328 g/mol. The SMILES string of the molecule is CC(O)(c1ccc2cnc(Cl)cc2n1)C1CCC2(CC1)OCCO2. The van der Waals surface area contributed by atoms with Gasteiger partial charge >= 0.3 is 0 Å². The van der Waals surface area contributed by atoms with Crippen molar-refractivity contribution in [1.29, 1.82) is 0 Å². The van der Waals surface area contributed by atoms with Gasteiger partial charge in [0.15, 0.2) is 5.79 Å². The van der Waals surface area contributed by atoms with Crippen LogP contribution in [0.5, 0.6) is 0 Å². The minimum absolute atomic E-state index is 0.123. The molecule has 2 fully saturated rings. The molecule has 1 aliphatic carbocycles. The molecule has 1 unspecified atom stereocenters. The lowest BCUT2D eigenvalue weighted by Gasteiger charge is -2.41. The van der Waals surface area contributed by atoms with E-state index in [1.54, 1.807) is 12.3 Å². The molecule has 2 aromatic heterocycles. The Labute approximate surface area is 146 Å². The number of aliphatic hydroxyl groups is 1. The molecule has 2 aliphatic rings. The Morgan fingerprint density at radius 2 is 1.96 bits per heavy atom. The lowest BCUT2D eigenvalue weighted by molar-refractivity contribution is -0.193. The van der Waals surface area contributed by atoms with Crippen LogP contribution in [0, 0.1) is 5.92 Å². The Morgan fingerprint density at radius 3 is 2.67 bits per heavy atom. The standard InChI is InChI=1S/C18H21ClN2O3/c1-17(22,13-4-6-18(7-5-13)23-8-9-24-18)15-3-2-12-11-20-16(19)10-14(12)21-15/h2-3,10-11,13,22H,4-9H2,1H3. The predicted octanol–water partition coefficient (Wildman–Crippen LogP) is 3.42. The number of rotatable bonds is 2. The lowest BCUT2D eigenvalue weighted by Crippen LogP contribution is -2.42. The van der Waals surface area contributed by atoms with Gasteiger partial charge in [0.25, 0.3) is 0 Å². The summed E-state index contributed by atoms with van der Waals surface area (Å²) in [5.74, 6) is -0.291. The Morgan fingerprint density at radius 1 is 1.25 bits per heavy atom. The molecule has 128 valence electrons. The number of hydrogen-bond donors (Lipinski definition) is 1. The summed E-state index contributed by atoms with van der Waals surface area (Å²) in [6.45, 7) is 3.19. The molecule has 24 heavy (non-hydrogen) atoms. The van der Waals surface area contributed by atoms with Gasteiger partial charge in [-0.25, -0.2) is 9.97 Å². The molecule has 1 saturated heterocycles. The van der Waals surface area contributed by atoms with Crippen molar-refractivity contribution in [1.82, 2.24) is 9.97 Å². The number of aromatic nitrogens is 2. The summed E-state index contributed by atoms with van der Waals surface area (Å²) in [5.41, 5.74) is 0.429. The van der Waals surface area contributed by atoms with Gasteiger partial charge in [-0.2, -0.15) is 0 Å². The number of hydrogen-bond acceptors (Lipinski definition) is 5. The zero-order chi connectivity index (χ0) is 16.8. The molecule has 1 spiro atoms. The van der Waals surface area contributed by atoms with E-state index in [9.17, 15) is 5.11 Å². The first-order chi connectivity index (χ1) is 11.5. The quantitative estimate of drug-likeness (QED) is 0.842. The molecule has 0 radical (unpaired) electrons. The van der Waals surface area contributed by atoms with Crippen LogP contribution in [0.3, 0.4) is 0 Å². The van der Waals surface area contributed by atoms with Crippen LogP contribution < -0.4 is 0 Å². The van der Waals surface area contributed by atoms with Gasteiger partial charge in [0, 0.05) is 30.5 Å². The Hall–Kier alpha value is -1.27. The number of pyridine rings is 2. The van der Waals surface area contributed by atoms with E-state index >= 15 is 0 Å². The van der Waals surface area contributed by atoms with Gasteiger partial charge in [-0.05, 0) is 37.8 Å². The highest BCUT2D eigenvalue weighted by atomic mass is 35.5. The molecular formula is C18H21ClN2O3. The van der Waals surface area contributed by atoms with E-state index in [1.165, 1.54) is 0 Å². The van der Waals surface area contributed by atoms with Crippen molar-refractivity contribution in [2.24, 2.45) is 5.92 Å². The molecule has 3 heterocycles. The van der Waals surface area contributed by atoms with Crippen LogP contribution in [0.15, 0.2) is 24.4 Å². The average molecular weight is 349 g/mol. The monoisotopic (exact) mass is 348 g/mol. The number of fused-ring (bicyclic) bond motifs is 1. The molecule has 6 heteroatoms. The summed E-state index contributed by atoms with van der Waals surface area (Å²) >= 11 is 5.96. The number of ether oxygens (including phenoxy) is 2. The second kappa shape index (κ2) is 5.92.